The number of hydrogen-bond acceptors (Lipinski definition) is 3. The van der Waals surface area contributed by atoms with Crippen LogP contribution in [0.15, 0.2) is 36.7 Å². The molecule has 19 heavy (non-hydrogen) atoms. The number of hydrogen-bond donors (Lipinski definition) is 1. The molecule has 0 fully saturated rings. The Hall–Kier alpha value is -2.12. The van der Waals surface area contributed by atoms with Crippen molar-refractivity contribution in [1.82, 2.24) is 15.1 Å². The molecule has 98 valence electrons. The number of rotatable bonds is 5. The summed E-state index contributed by atoms with van der Waals surface area (Å²) in [5.74, 6) is 0. The van der Waals surface area contributed by atoms with Crippen molar-refractivity contribution in [3.63, 3.8) is 0 Å². The van der Waals surface area contributed by atoms with E-state index in [4.69, 9.17) is 5.26 Å². The quantitative estimate of drug-likeness (QED) is 0.890. The molecule has 0 amide bonds. The molecule has 0 saturated carbocycles. The lowest BCUT2D eigenvalue weighted by atomic mass is 10.1. The van der Waals surface area contributed by atoms with Crippen molar-refractivity contribution in [2.45, 2.75) is 33.0 Å². The monoisotopic (exact) mass is 254 g/mol. The predicted molar refractivity (Wildman–Crippen MR) is 74.4 cm³/mol. The summed E-state index contributed by atoms with van der Waals surface area (Å²) in [6.07, 6.45) is 3.90. The van der Waals surface area contributed by atoms with Gasteiger partial charge in [-0.05, 0) is 37.1 Å². The second kappa shape index (κ2) is 6.17. The lowest BCUT2D eigenvalue weighted by molar-refractivity contribution is 0.450. The summed E-state index contributed by atoms with van der Waals surface area (Å²) in [4.78, 5) is 0. The average molecular weight is 254 g/mol. The smallest absolute Gasteiger partial charge is 0.0991 e. The van der Waals surface area contributed by atoms with Gasteiger partial charge < -0.3 is 5.32 Å². The van der Waals surface area contributed by atoms with Gasteiger partial charge in [-0.3, -0.25) is 4.68 Å². The molecular formula is C15H18N4. The molecule has 0 saturated heterocycles. The number of nitrogens with one attached hydrogen (secondary N) is 1. The zero-order valence-electron chi connectivity index (χ0n) is 11.3. The Kier molecular flexibility index (Phi) is 4.32. The van der Waals surface area contributed by atoms with Crippen LogP contribution in [-0.2, 0) is 13.1 Å². The van der Waals surface area contributed by atoms with Crippen LogP contribution < -0.4 is 5.32 Å². The fourth-order valence-corrected chi connectivity index (χ4v) is 1.95. The lowest BCUT2D eigenvalue weighted by Gasteiger charge is -2.14. The molecule has 2 aromatic rings. The van der Waals surface area contributed by atoms with Crippen LogP contribution in [0.25, 0.3) is 0 Å². The molecule has 0 bridgehead atoms. The zero-order chi connectivity index (χ0) is 13.7. The first kappa shape index (κ1) is 13.3. The van der Waals surface area contributed by atoms with Crippen LogP contribution in [0.3, 0.4) is 0 Å². The van der Waals surface area contributed by atoms with Crippen molar-refractivity contribution in [3.8, 4) is 6.07 Å². The lowest BCUT2D eigenvalue weighted by Crippen LogP contribution is -2.30. The number of aromatic nitrogens is 2. The third-order valence-corrected chi connectivity index (χ3v) is 2.93. The topological polar surface area (TPSA) is 53.6 Å². The van der Waals surface area contributed by atoms with Gasteiger partial charge in [0.25, 0.3) is 0 Å². The Morgan fingerprint density at radius 2 is 2.32 bits per heavy atom. The van der Waals surface area contributed by atoms with Crippen LogP contribution in [0, 0.1) is 18.3 Å². The zero-order valence-corrected chi connectivity index (χ0v) is 11.3. The van der Waals surface area contributed by atoms with Gasteiger partial charge in [0.2, 0.25) is 0 Å². The minimum atomic E-state index is 0.324. The second-order valence-corrected chi connectivity index (χ2v) is 4.83. The van der Waals surface area contributed by atoms with Gasteiger partial charge in [-0.2, -0.15) is 10.4 Å². The summed E-state index contributed by atoms with van der Waals surface area (Å²) in [6.45, 7) is 5.77. The van der Waals surface area contributed by atoms with E-state index < -0.39 is 0 Å². The molecule has 0 spiro atoms. The highest BCUT2D eigenvalue weighted by atomic mass is 15.3. The normalized spacial score (nSPS) is 12.1. The van der Waals surface area contributed by atoms with Crippen LogP contribution in [0.2, 0.25) is 0 Å². The number of nitrogens with zero attached hydrogens (tertiary/aromatic N) is 3. The van der Waals surface area contributed by atoms with Gasteiger partial charge in [0, 0.05) is 18.8 Å². The minimum Gasteiger partial charge on any atom is -0.308 e. The maximum absolute atomic E-state index is 8.85. The van der Waals surface area contributed by atoms with Crippen molar-refractivity contribution in [1.29, 1.82) is 5.26 Å². The van der Waals surface area contributed by atoms with Gasteiger partial charge in [-0.25, -0.2) is 0 Å². The molecule has 1 atom stereocenters. The third-order valence-electron chi connectivity index (χ3n) is 2.93. The van der Waals surface area contributed by atoms with E-state index in [-0.39, 0.29) is 0 Å². The van der Waals surface area contributed by atoms with Gasteiger partial charge in [0.15, 0.2) is 0 Å². The molecule has 0 radical (unpaired) electrons. The Bertz CT molecular complexity index is 580. The van der Waals surface area contributed by atoms with E-state index in [2.05, 4.69) is 23.4 Å². The summed E-state index contributed by atoms with van der Waals surface area (Å²) in [5.41, 5.74) is 3.01. The largest absolute Gasteiger partial charge is 0.308 e. The Morgan fingerprint density at radius 3 is 3.00 bits per heavy atom. The van der Waals surface area contributed by atoms with E-state index in [1.807, 2.05) is 48.3 Å². The minimum absolute atomic E-state index is 0.324. The molecule has 0 aliphatic rings. The van der Waals surface area contributed by atoms with Gasteiger partial charge in [-0.15, -0.1) is 0 Å². The van der Waals surface area contributed by atoms with Gasteiger partial charge >= 0.3 is 0 Å². The van der Waals surface area contributed by atoms with Crippen LogP contribution in [0.5, 0.6) is 0 Å². The van der Waals surface area contributed by atoms with E-state index in [1.54, 1.807) is 0 Å². The summed E-state index contributed by atoms with van der Waals surface area (Å²) in [6, 6.07) is 10.2. The van der Waals surface area contributed by atoms with E-state index in [0.29, 0.717) is 11.6 Å². The van der Waals surface area contributed by atoms with Crippen molar-refractivity contribution in [3.05, 3.63) is 53.3 Å². The van der Waals surface area contributed by atoms with Gasteiger partial charge in [0.1, 0.15) is 0 Å². The van der Waals surface area contributed by atoms with Gasteiger partial charge in [-0.1, -0.05) is 12.1 Å². The molecule has 4 heteroatoms. The Balaban J connectivity index is 1.86. The molecule has 1 N–H and O–H groups in total. The van der Waals surface area contributed by atoms with E-state index >= 15 is 0 Å². The highest BCUT2D eigenvalue weighted by molar-refractivity contribution is 5.32. The fraction of sp³-hybridized carbons (Fsp3) is 0.333. The summed E-state index contributed by atoms with van der Waals surface area (Å²) in [7, 11) is 0. The highest BCUT2D eigenvalue weighted by Gasteiger charge is 2.04. The standard InChI is InChI=1S/C15H18N4/c1-12-8-18-19(10-12)11-13(2)17-9-15-5-3-4-14(6-15)7-16/h3-6,8,10,13,17H,9,11H2,1-2H3. The summed E-state index contributed by atoms with van der Waals surface area (Å²) in [5, 5.41) is 16.6. The SMILES string of the molecule is Cc1cnn(CC(C)NCc2cccc(C#N)c2)c1. The molecule has 4 nitrogen and oxygen atoms in total. The average Bonchev–Trinajstić information content (AvgIpc) is 2.82. The van der Waals surface area contributed by atoms with E-state index in [0.717, 1.165) is 18.7 Å². The molecule has 0 aliphatic heterocycles. The molecule has 0 aliphatic carbocycles. The van der Waals surface area contributed by atoms with E-state index in [1.165, 1.54) is 5.56 Å². The van der Waals surface area contributed by atoms with Crippen LogP contribution in [-0.4, -0.2) is 15.8 Å². The Labute approximate surface area is 113 Å². The van der Waals surface area contributed by atoms with E-state index in [9.17, 15) is 0 Å². The summed E-state index contributed by atoms with van der Waals surface area (Å²) < 4.78 is 1.94. The number of benzene rings is 1. The van der Waals surface area contributed by atoms with Gasteiger partial charge in [0.05, 0.1) is 24.4 Å². The second-order valence-electron chi connectivity index (χ2n) is 4.83. The predicted octanol–water partition coefficient (Wildman–Crippen LogP) is 2.24. The number of nitriles is 1. The van der Waals surface area contributed by atoms with Crippen molar-refractivity contribution < 1.29 is 0 Å². The van der Waals surface area contributed by atoms with Crippen molar-refractivity contribution in [2.75, 3.05) is 0 Å². The molecule has 1 aromatic carbocycles. The molecule has 2 rings (SSSR count). The first-order valence-corrected chi connectivity index (χ1v) is 6.39. The van der Waals surface area contributed by atoms with Crippen LogP contribution in [0.1, 0.15) is 23.6 Å². The van der Waals surface area contributed by atoms with Crippen LogP contribution in [0.4, 0.5) is 0 Å². The third kappa shape index (κ3) is 3.94. The maximum atomic E-state index is 8.85. The van der Waals surface area contributed by atoms with Crippen molar-refractivity contribution in [2.24, 2.45) is 0 Å². The van der Waals surface area contributed by atoms with Crippen molar-refractivity contribution >= 4 is 0 Å². The Morgan fingerprint density at radius 1 is 1.47 bits per heavy atom. The molecule has 1 aromatic heterocycles. The molecule has 1 heterocycles. The molecular weight excluding hydrogens is 236 g/mol. The molecule has 1 unspecified atom stereocenters. The highest BCUT2D eigenvalue weighted by Crippen LogP contribution is 2.04. The number of aryl methyl sites for hydroxylation is 1. The van der Waals surface area contributed by atoms with Crippen LogP contribution >= 0.6 is 0 Å². The first-order chi connectivity index (χ1) is 9.17. The maximum Gasteiger partial charge on any atom is 0.0991 e. The first-order valence-electron chi connectivity index (χ1n) is 6.39. The fourth-order valence-electron chi connectivity index (χ4n) is 1.95. The summed E-state index contributed by atoms with van der Waals surface area (Å²) >= 11 is 0.